The molecule has 7 nitrogen and oxygen atoms in total. The lowest BCUT2D eigenvalue weighted by atomic mass is 10.1. The maximum absolute atomic E-state index is 13.2. The highest BCUT2D eigenvalue weighted by atomic mass is 35.5. The fourth-order valence-electron chi connectivity index (χ4n) is 3.18. The van der Waals surface area contributed by atoms with Crippen LogP contribution in [0.5, 0.6) is 11.5 Å². The third-order valence-corrected chi connectivity index (χ3v) is 6.54. The second kappa shape index (κ2) is 11.2. The molecule has 0 fully saturated rings. The molecular weight excluding hydrogens is 464 g/mol. The van der Waals surface area contributed by atoms with Gasteiger partial charge in [-0.2, -0.15) is 4.72 Å². The molecule has 3 aromatic rings. The Balaban J connectivity index is 1.89. The molecule has 0 aliphatic rings. The number of benzene rings is 3. The fourth-order valence-corrected chi connectivity index (χ4v) is 4.72. The van der Waals surface area contributed by atoms with Crippen molar-refractivity contribution in [3.8, 4) is 11.5 Å². The van der Waals surface area contributed by atoms with Gasteiger partial charge in [-0.15, -0.1) is 0 Å². The average Bonchev–Trinajstić information content (AvgIpc) is 2.80. The van der Waals surface area contributed by atoms with Crippen molar-refractivity contribution < 1.29 is 22.7 Å². The van der Waals surface area contributed by atoms with Gasteiger partial charge in [-0.25, -0.2) is 8.42 Å². The van der Waals surface area contributed by atoms with Gasteiger partial charge in [0.05, 0.1) is 29.3 Å². The van der Waals surface area contributed by atoms with Crippen LogP contribution in [0, 0.1) is 0 Å². The standard InChI is InChI=1S/C24H25ClN2O5S/c1-3-32-23-12-8-7-11-20(23)26-24(28)21(15-17-9-5-4-6-10-17)27-33(29,30)18-13-14-22(31-2)19(25)16-18/h4-14,16,21,27H,3,15H2,1-2H3,(H,26,28)/t21-/m1/s1. The van der Waals surface area contributed by atoms with Gasteiger partial charge in [0.25, 0.3) is 0 Å². The topological polar surface area (TPSA) is 93.7 Å². The highest BCUT2D eigenvalue weighted by molar-refractivity contribution is 7.89. The van der Waals surface area contributed by atoms with E-state index in [0.717, 1.165) is 5.56 Å². The number of ether oxygens (including phenoxy) is 2. The van der Waals surface area contributed by atoms with Crippen molar-refractivity contribution in [2.24, 2.45) is 0 Å². The first-order valence-electron chi connectivity index (χ1n) is 10.3. The van der Waals surface area contributed by atoms with Crippen LogP contribution in [0.4, 0.5) is 5.69 Å². The quantitative estimate of drug-likeness (QED) is 0.444. The number of rotatable bonds is 10. The molecule has 0 saturated heterocycles. The highest BCUT2D eigenvalue weighted by Gasteiger charge is 2.27. The van der Waals surface area contributed by atoms with E-state index in [1.807, 2.05) is 37.3 Å². The first-order chi connectivity index (χ1) is 15.8. The number of nitrogens with one attached hydrogen (secondary N) is 2. The lowest BCUT2D eigenvalue weighted by Crippen LogP contribution is -2.45. The molecular formula is C24H25ClN2O5S. The molecule has 1 amide bonds. The summed E-state index contributed by atoms with van der Waals surface area (Å²) in [7, 11) is -2.63. The molecule has 0 aromatic heterocycles. The van der Waals surface area contributed by atoms with Crippen LogP contribution in [0.25, 0.3) is 0 Å². The van der Waals surface area contributed by atoms with E-state index in [0.29, 0.717) is 23.8 Å². The predicted molar refractivity (Wildman–Crippen MR) is 129 cm³/mol. The Bertz CT molecular complexity index is 1200. The second-order valence-corrected chi connectivity index (χ2v) is 9.20. The zero-order valence-electron chi connectivity index (χ0n) is 18.2. The third kappa shape index (κ3) is 6.47. The molecule has 0 unspecified atom stereocenters. The maximum atomic E-state index is 13.2. The number of sulfonamides is 1. The molecule has 0 bridgehead atoms. The van der Waals surface area contributed by atoms with E-state index in [1.54, 1.807) is 24.3 Å². The molecule has 0 radical (unpaired) electrons. The van der Waals surface area contributed by atoms with Gasteiger partial charge in [0, 0.05) is 0 Å². The summed E-state index contributed by atoms with van der Waals surface area (Å²) >= 11 is 6.11. The number of hydrogen-bond donors (Lipinski definition) is 2. The third-order valence-electron chi connectivity index (χ3n) is 4.77. The Morgan fingerprint density at radius 1 is 1.00 bits per heavy atom. The zero-order chi connectivity index (χ0) is 23.8. The number of anilines is 1. The summed E-state index contributed by atoms with van der Waals surface area (Å²) in [6.45, 7) is 2.26. The van der Waals surface area contributed by atoms with Crippen LogP contribution in [0.2, 0.25) is 5.02 Å². The minimum atomic E-state index is -4.07. The molecule has 2 N–H and O–H groups in total. The molecule has 0 heterocycles. The van der Waals surface area contributed by atoms with Crippen molar-refractivity contribution in [1.29, 1.82) is 0 Å². The summed E-state index contributed by atoms with van der Waals surface area (Å²) in [5.41, 5.74) is 1.25. The largest absolute Gasteiger partial charge is 0.495 e. The lowest BCUT2D eigenvalue weighted by Gasteiger charge is -2.20. The molecule has 1 atom stereocenters. The number of halogens is 1. The van der Waals surface area contributed by atoms with Gasteiger partial charge in [-0.1, -0.05) is 54.1 Å². The average molecular weight is 489 g/mol. The second-order valence-electron chi connectivity index (χ2n) is 7.08. The van der Waals surface area contributed by atoms with Gasteiger partial charge < -0.3 is 14.8 Å². The molecule has 174 valence electrons. The Hall–Kier alpha value is -3.07. The SMILES string of the molecule is CCOc1ccccc1NC(=O)[C@@H](Cc1ccccc1)NS(=O)(=O)c1ccc(OC)c(Cl)c1. The Labute approximate surface area is 198 Å². The maximum Gasteiger partial charge on any atom is 0.243 e. The van der Waals surface area contributed by atoms with Crippen molar-refractivity contribution in [2.75, 3.05) is 19.0 Å². The van der Waals surface area contributed by atoms with Crippen molar-refractivity contribution in [3.63, 3.8) is 0 Å². The van der Waals surface area contributed by atoms with E-state index in [2.05, 4.69) is 10.0 Å². The summed E-state index contributed by atoms with van der Waals surface area (Å²) in [6, 6.07) is 19.1. The smallest absolute Gasteiger partial charge is 0.243 e. The van der Waals surface area contributed by atoms with E-state index in [1.165, 1.54) is 25.3 Å². The van der Waals surface area contributed by atoms with Gasteiger partial charge in [0.1, 0.15) is 17.5 Å². The minimum absolute atomic E-state index is 0.0751. The summed E-state index contributed by atoms with van der Waals surface area (Å²) in [5, 5.41) is 2.93. The van der Waals surface area contributed by atoms with Crippen LogP contribution in [-0.2, 0) is 21.2 Å². The number of carbonyl (C=O) groups excluding carboxylic acids is 1. The van der Waals surface area contributed by atoms with Crippen LogP contribution in [-0.4, -0.2) is 34.1 Å². The van der Waals surface area contributed by atoms with Crippen LogP contribution in [0.3, 0.4) is 0 Å². The molecule has 33 heavy (non-hydrogen) atoms. The fraction of sp³-hybridized carbons (Fsp3) is 0.208. The van der Waals surface area contributed by atoms with Gasteiger partial charge >= 0.3 is 0 Å². The van der Waals surface area contributed by atoms with Gasteiger partial charge in [0.2, 0.25) is 15.9 Å². The Kier molecular flexibility index (Phi) is 8.32. The normalized spacial score (nSPS) is 12.1. The number of carbonyl (C=O) groups is 1. The molecule has 0 saturated carbocycles. The van der Waals surface area contributed by atoms with Gasteiger partial charge in [0.15, 0.2) is 0 Å². The van der Waals surface area contributed by atoms with Crippen molar-refractivity contribution in [3.05, 3.63) is 83.4 Å². The van der Waals surface area contributed by atoms with Crippen LogP contribution < -0.4 is 19.5 Å². The number of amides is 1. The summed E-state index contributed by atoms with van der Waals surface area (Å²) < 4.78 is 39.4. The van der Waals surface area contributed by atoms with Gasteiger partial charge in [-0.05, 0) is 49.2 Å². The zero-order valence-corrected chi connectivity index (χ0v) is 19.8. The molecule has 0 spiro atoms. The van der Waals surface area contributed by atoms with Crippen molar-refractivity contribution in [1.82, 2.24) is 4.72 Å². The van der Waals surface area contributed by atoms with E-state index >= 15 is 0 Å². The molecule has 0 aliphatic carbocycles. The highest BCUT2D eigenvalue weighted by Crippen LogP contribution is 2.27. The van der Waals surface area contributed by atoms with Gasteiger partial charge in [-0.3, -0.25) is 4.79 Å². The first-order valence-corrected chi connectivity index (χ1v) is 12.1. The van der Waals surface area contributed by atoms with E-state index in [9.17, 15) is 13.2 Å². The summed E-state index contributed by atoms with van der Waals surface area (Å²) in [5.74, 6) is 0.326. The van der Waals surface area contributed by atoms with Crippen molar-refractivity contribution in [2.45, 2.75) is 24.3 Å². The monoisotopic (exact) mass is 488 g/mol. The predicted octanol–water partition coefficient (Wildman–Crippen LogP) is 4.28. The van der Waals surface area contributed by atoms with Crippen molar-refractivity contribution >= 4 is 33.2 Å². The molecule has 3 rings (SSSR count). The molecule has 9 heteroatoms. The summed E-state index contributed by atoms with van der Waals surface area (Å²) in [6.07, 6.45) is 0.145. The molecule has 3 aromatic carbocycles. The van der Waals surface area contributed by atoms with Crippen LogP contribution >= 0.6 is 11.6 Å². The summed E-state index contributed by atoms with van der Waals surface area (Å²) in [4.78, 5) is 13.1. The van der Waals surface area contributed by atoms with E-state index < -0.39 is 22.0 Å². The number of methoxy groups -OCH3 is 1. The number of hydrogen-bond acceptors (Lipinski definition) is 5. The first kappa shape index (κ1) is 24.6. The lowest BCUT2D eigenvalue weighted by molar-refractivity contribution is -0.117. The van der Waals surface area contributed by atoms with E-state index in [4.69, 9.17) is 21.1 Å². The number of para-hydroxylation sites is 2. The Morgan fingerprint density at radius 3 is 2.36 bits per heavy atom. The van der Waals surface area contributed by atoms with Crippen LogP contribution in [0.15, 0.2) is 77.7 Å². The van der Waals surface area contributed by atoms with E-state index in [-0.39, 0.29) is 16.3 Å². The van der Waals surface area contributed by atoms with Crippen LogP contribution in [0.1, 0.15) is 12.5 Å². The minimum Gasteiger partial charge on any atom is -0.495 e. The Morgan fingerprint density at radius 2 is 1.70 bits per heavy atom. The molecule has 0 aliphatic heterocycles.